The lowest BCUT2D eigenvalue weighted by atomic mass is 9.94. The third-order valence-electron chi connectivity index (χ3n) is 3.60. The molecule has 4 N–H and O–H groups in total. The Hall–Kier alpha value is -1.34. The summed E-state index contributed by atoms with van der Waals surface area (Å²) in [6.45, 7) is 4.34. The maximum atomic E-state index is 11.8. The second kappa shape index (κ2) is 5.75. The van der Waals surface area contributed by atoms with Crippen LogP contribution in [0.5, 0.6) is 0 Å². The molecule has 0 spiro atoms. The Morgan fingerprint density at radius 2 is 2.32 bits per heavy atom. The monoisotopic (exact) mass is 283 g/mol. The van der Waals surface area contributed by atoms with Crippen LogP contribution in [0.1, 0.15) is 23.7 Å². The number of carbonyl (C=O) groups excluding carboxylic acids is 1. The summed E-state index contributed by atoms with van der Waals surface area (Å²) >= 11 is 1.26. The van der Waals surface area contributed by atoms with E-state index in [4.69, 9.17) is 5.73 Å². The summed E-state index contributed by atoms with van der Waals surface area (Å²) in [6.07, 6.45) is 1.06. The number of likely N-dealkylation sites (tertiary alicyclic amines) is 1. The molecule has 1 aromatic rings. The average Bonchev–Trinajstić information content (AvgIpc) is 2.73. The minimum absolute atomic E-state index is 0.186. The number of anilines is 2. The predicted molar refractivity (Wildman–Crippen MR) is 78.6 cm³/mol. The third-order valence-corrected chi connectivity index (χ3v) is 4.39. The fraction of sp³-hybridized carbons (Fsp3) is 0.667. The molecule has 1 amide bonds. The summed E-state index contributed by atoms with van der Waals surface area (Å²) in [7, 11) is 3.73. The standard InChI is InChI=1S/C12H21N5OS/c1-7-6-17(3)5-4-8(7)15-12-9(11(18)14-2)10(13)16-19-12/h7-8,15H,4-6H2,1-3H3,(H2,13,16)(H,14,18). The van der Waals surface area contributed by atoms with Crippen LogP contribution in [0.25, 0.3) is 0 Å². The molecule has 0 radical (unpaired) electrons. The zero-order valence-electron chi connectivity index (χ0n) is 11.6. The quantitative estimate of drug-likeness (QED) is 0.765. The Morgan fingerprint density at radius 1 is 1.58 bits per heavy atom. The highest BCUT2D eigenvalue weighted by Crippen LogP contribution is 2.30. The first-order chi connectivity index (χ1) is 9.02. The van der Waals surface area contributed by atoms with Crippen LogP contribution in [0, 0.1) is 5.92 Å². The smallest absolute Gasteiger partial charge is 0.257 e. The number of carbonyl (C=O) groups is 1. The Morgan fingerprint density at radius 3 is 2.95 bits per heavy atom. The van der Waals surface area contributed by atoms with Gasteiger partial charge >= 0.3 is 0 Å². The summed E-state index contributed by atoms with van der Waals surface area (Å²) in [6, 6.07) is 0.361. The van der Waals surface area contributed by atoms with Gasteiger partial charge in [-0.15, -0.1) is 0 Å². The van der Waals surface area contributed by atoms with Gasteiger partial charge in [0.25, 0.3) is 5.91 Å². The molecule has 2 heterocycles. The number of hydrogen-bond donors (Lipinski definition) is 3. The molecular formula is C12H21N5OS. The molecule has 0 bridgehead atoms. The number of rotatable bonds is 3. The molecule has 1 aliphatic rings. The van der Waals surface area contributed by atoms with E-state index in [1.54, 1.807) is 7.05 Å². The molecular weight excluding hydrogens is 262 g/mol. The van der Waals surface area contributed by atoms with Gasteiger partial charge in [-0.25, -0.2) is 0 Å². The molecule has 7 heteroatoms. The van der Waals surface area contributed by atoms with Crippen molar-refractivity contribution in [2.24, 2.45) is 5.92 Å². The number of hydrogen-bond acceptors (Lipinski definition) is 6. The molecule has 19 heavy (non-hydrogen) atoms. The lowest BCUT2D eigenvalue weighted by Crippen LogP contribution is -2.43. The van der Waals surface area contributed by atoms with Crippen molar-refractivity contribution in [1.29, 1.82) is 0 Å². The van der Waals surface area contributed by atoms with E-state index in [1.165, 1.54) is 11.5 Å². The van der Waals surface area contributed by atoms with E-state index in [-0.39, 0.29) is 5.91 Å². The second-order valence-corrected chi connectivity index (χ2v) is 5.90. The highest BCUT2D eigenvalue weighted by molar-refractivity contribution is 7.11. The number of amides is 1. The van der Waals surface area contributed by atoms with E-state index >= 15 is 0 Å². The van der Waals surface area contributed by atoms with E-state index in [0.29, 0.717) is 23.3 Å². The van der Waals surface area contributed by atoms with Gasteiger partial charge in [-0.2, -0.15) is 4.37 Å². The summed E-state index contributed by atoms with van der Waals surface area (Å²) in [5, 5.41) is 6.82. The first-order valence-corrected chi connectivity index (χ1v) is 7.22. The molecule has 0 saturated carbocycles. The van der Waals surface area contributed by atoms with Crippen molar-refractivity contribution in [2.75, 3.05) is 38.2 Å². The van der Waals surface area contributed by atoms with Gasteiger partial charge in [0.1, 0.15) is 10.6 Å². The van der Waals surface area contributed by atoms with Gasteiger partial charge in [-0.05, 0) is 37.5 Å². The zero-order chi connectivity index (χ0) is 14.0. The first kappa shape index (κ1) is 14.1. The lowest BCUT2D eigenvalue weighted by Gasteiger charge is -2.35. The van der Waals surface area contributed by atoms with Crippen molar-refractivity contribution >= 4 is 28.3 Å². The fourth-order valence-electron chi connectivity index (χ4n) is 2.48. The topological polar surface area (TPSA) is 83.3 Å². The van der Waals surface area contributed by atoms with Crippen LogP contribution < -0.4 is 16.4 Å². The van der Waals surface area contributed by atoms with E-state index in [1.807, 2.05) is 0 Å². The molecule has 2 unspecified atom stereocenters. The van der Waals surface area contributed by atoms with Gasteiger partial charge in [-0.3, -0.25) is 4.79 Å². The van der Waals surface area contributed by atoms with E-state index in [0.717, 1.165) is 24.5 Å². The molecule has 1 aromatic heterocycles. The van der Waals surface area contributed by atoms with Crippen LogP contribution in [0.2, 0.25) is 0 Å². The van der Waals surface area contributed by atoms with Crippen molar-refractivity contribution in [3.05, 3.63) is 5.56 Å². The molecule has 1 aliphatic heterocycles. The Balaban J connectivity index is 2.13. The van der Waals surface area contributed by atoms with Gasteiger partial charge in [-0.1, -0.05) is 6.92 Å². The summed E-state index contributed by atoms with van der Waals surface area (Å²) in [4.78, 5) is 14.1. The third kappa shape index (κ3) is 2.98. The van der Waals surface area contributed by atoms with Gasteiger partial charge < -0.3 is 21.3 Å². The van der Waals surface area contributed by atoms with Crippen molar-refractivity contribution in [3.8, 4) is 0 Å². The maximum absolute atomic E-state index is 11.8. The highest BCUT2D eigenvalue weighted by Gasteiger charge is 2.27. The van der Waals surface area contributed by atoms with Crippen LogP contribution >= 0.6 is 11.5 Å². The van der Waals surface area contributed by atoms with Crippen molar-refractivity contribution in [2.45, 2.75) is 19.4 Å². The van der Waals surface area contributed by atoms with Crippen LogP contribution in [0.4, 0.5) is 10.8 Å². The Labute approximate surface area is 117 Å². The lowest BCUT2D eigenvalue weighted by molar-refractivity contribution is 0.0965. The molecule has 2 rings (SSSR count). The van der Waals surface area contributed by atoms with Crippen molar-refractivity contribution in [1.82, 2.24) is 14.6 Å². The van der Waals surface area contributed by atoms with Gasteiger partial charge in [0.2, 0.25) is 0 Å². The Kier molecular flexibility index (Phi) is 4.26. The average molecular weight is 283 g/mol. The minimum Gasteiger partial charge on any atom is -0.382 e. The fourth-order valence-corrected chi connectivity index (χ4v) is 3.26. The summed E-state index contributed by atoms with van der Waals surface area (Å²) in [5.41, 5.74) is 6.24. The largest absolute Gasteiger partial charge is 0.382 e. The van der Waals surface area contributed by atoms with E-state index < -0.39 is 0 Å². The highest BCUT2D eigenvalue weighted by atomic mass is 32.1. The maximum Gasteiger partial charge on any atom is 0.257 e. The molecule has 106 valence electrons. The summed E-state index contributed by atoms with van der Waals surface area (Å²) < 4.78 is 4.08. The van der Waals surface area contributed by atoms with Crippen molar-refractivity contribution < 1.29 is 4.79 Å². The number of nitrogen functional groups attached to an aromatic ring is 1. The molecule has 2 atom stereocenters. The normalized spacial score (nSPS) is 24.2. The van der Waals surface area contributed by atoms with E-state index in [9.17, 15) is 4.79 Å². The predicted octanol–water partition coefficient (Wildman–Crippen LogP) is 0.837. The van der Waals surface area contributed by atoms with Crippen LogP contribution in [-0.2, 0) is 0 Å². The second-order valence-electron chi connectivity index (χ2n) is 5.13. The Bertz CT molecular complexity index is 461. The number of nitrogens with zero attached hydrogens (tertiary/aromatic N) is 2. The number of nitrogens with one attached hydrogen (secondary N) is 2. The van der Waals surface area contributed by atoms with Gasteiger partial charge in [0.15, 0.2) is 5.82 Å². The van der Waals surface area contributed by atoms with Crippen LogP contribution in [0.3, 0.4) is 0 Å². The summed E-state index contributed by atoms with van der Waals surface area (Å²) in [5.74, 6) is 0.640. The molecule has 0 aliphatic carbocycles. The van der Waals surface area contributed by atoms with Crippen LogP contribution in [0.15, 0.2) is 0 Å². The zero-order valence-corrected chi connectivity index (χ0v) is 12.4. The number of aromatic nitrogens is 1. The molecule has 6 nitrogen and oxygen atoms in total. The van der Waals surface area contributed by atoms with Crippen molar-refractivity contribution in [3.63, 3.8) is 0 Å². The SMILES string of the molecule is CNC(=O)c1c(N)nsc1NC1CCN(C)CC1C. The van der Waals surface area contributed by atoms with Gasteiger partial charge in [0.05, 0.1) is 0 Å². The number of piperidine rings is 1. The van der Waals surface area contributed by atoms with Crippen LogP contribution in [-0.4, -0.2) is 48.4 Å². The first-order valence-electron chi connectivity index (χ1n) is 6.45. The number of nitrogens with two attached hydrogens (primary N) is 1. The molecule has 1 saturated heterocycles. The van der Waals surface area contributed by atoms with Gasteiger partial charge in [0, 0.05) is 19.6 Å². The molecule has 1 fully saturated rings. The van der Waals surface area contributed by atoms with E-state index in [2.05, 4.69) is 33.9 Å². The molecule has 0 aromatic carbocycles. The minimum atomic E-state index is -0.186.